The number of hydrogen-bond acceptors (Lipinski definition) is 4. The van der Waals surface area contributed by atoms with E-state index in [9.17, 15) is 0 Å². The van der Waals surface area contributed by atoms with E-state index in [0.717, 1.165) is 17.1 Å². The molecular weight excluding hydrogens is 270 g/mol. The molecule has 0 fully saturated rings. The molecule has 0 spiro atoms. The summed E-state index contributed by atoms with van der Waals surface area (Å²) in [5, 5.41) is 5.39. The van der Waals surface area contributed by atoms with Gasteiger partial charge in [0.05, 0.1) is 20.3 Å². The first kappa shape index (κ1) is 14.9. The van der Waals surface area contributed by atoms with Crippen molar-refractivity contribution in [3.8, 4) is 11.5 Å². The molecular formula is C16H21NO2S. The van der Waals surface area contributed by atoms with Gasteiger partial charge in [0.1, 0.15) is 11.5 Å². The van der Waals surface area contributed by atoms with Crippen LogP contribution in [0.5, 0.6) is 11.5 Å². The Balaban J connectivity index is 2.49. The van der Waals surface area contributed by atoms with Gasteiger partial charge in [0.25, 0.3) is 0 Å². The van der Waals surface area contributed by atoms with Gasteiger partial charge < -0.3 is 14.8 Å². The number of thiophene rings is 1. The summed E-state index contributed by atoms with van der Waals surface area (Å²) in [4.78, 5) is 1.21. The first-order valence-electron chi connectivity index (χ1n) is 6.56. The summed E-state index contributed by atoms with van der Waals surface area (Å²) in [6.07, 6.45) is 0. The van der Waals surface area contributed by atoms with E-state index in [1.807, 2.05) is 12.4 Å². The molecule has 20 heavy (non-hydrogen) atoms. The molecule has 1 aromatic heterocycles. The monoisotopic (exact) mass is 291 g/mol. The zero-order chi connectivity index (χ0) is 14.7. The van der Waals surface area contributed by atoms with E-state index in [4.69, 9.17) is 9.47 Å². The molecule has 1 atom stereocenters. The second-order valence-corrected chi connectivity index (χ2v) is 5.68. The highest BCUT2D eigenvalue weighted by atomic mass is 32.1. The highest BCUT2D eigenvalue weighted by molar-refractivity contribution is 7.10. The quantitative estimate of drug-likeness (QED) is 0.911. The van der Waals surface area contributed by atoms with Crippen LogP contribution in [0.15, 0.2) is 23.6 Å². The van der Waals surface area contributed by atoms with E-state index in [0.29, 0.717) is 0 Å². The standard InChI is InChI=1S/C16H21NO2S/c1-10-6-7-13(16(19-5)11(10)2)15(17-3)14-8-12(18-4)9-20-14/h6-9,15,17H,1-5H3. The number of benzene rings is 1. The van der Waals surface area contributed by atoms with E-state index in [1.54, 1.807) is 25.6 Å². The summed E-state index contributed by atoms with van der Waals surface area (Å²) in [6.45, 7) is 4.20. The third kappa shape index (κ3) is 2.67. The molecule has 0 saturated carbocycles. The van der Waals surface area contributed by atoms with Gasteiger partial charge in [0, 0.05) is 15.8 Å². The summed E-state index contributed by atoms with van der Waals surface area (Å²) in [5.74, 6) is 1.85. The van der Waals surface area contributed by atoms with Crippen molar-refractivity contribution >= 4 is 11.3 Å². The Morgan fingerprint density at radius 3 is 2.45 bits per heavy atom. The van der Waals surface area contributed by atoms with Crippen molar-refractivity contribution in [2.24, 2.45) is 0 Å². The number of hydrogen-bond donors (Lipinski definition) is 1. The Morgan fingerprint density at radius 1 is 1.15 bits per heavy atom. The van der Waals surface area contributed by atoms with E-state index >= 15 is 0 Å². The van der Waals surface area contributed by atoms with Gasteiger partial charge in [0.2, 0.25) is 0 Å². The van der Waals surface area contributed by atoms with Crippen LogP contribution in [0.25, 0.3) is 0 Å². The van der Waals surface area contributed by atoms with Gasteiger partial charge in [-0.05, 0) is 38.1 Å². The Kier molecular flexibility index (Phi) is 4.68. The fraction of sp³-hybridized carbons (Fsp3) is 0.375. The van der Waals surface area contributed by atoms with Crippen LogP contribution in [0.1, 0.15) is 27.6 Å². The Morgan fingerprint density at radius 2 is 1.90 bits per heavy atom. The number of ether oxygens (including phenoxy) is 2. The smallest absolute Gasteiger partial charge is 0.129 e. The van der Waals surface area contributed by atoms with Crippen LogP contribution in [0.4, 0.5) is 0 Å². The minimum atomic E-state index is 0.109. The van der Waals surface area contributed by atoms with Crippen LogP contribution in [0.2, 0.25) is 0 Å². The number of aryl methyl sites for hydroxylation is 1. The van der Waals surface area contributed by atoms with Gasteiger partial charge in [-0.25, -0.2) is 0 Å². The zero-order valence-corrected chi connectivity index (χ0v) is 13.4. The molecule has 2 aromatic rings. The largest absolute Gasteiger partial charge is 0.496 e. The number of methoxy groups -OCH3 is 2. The molecule has 0 amide bonds. The maximum atomic E-state index is 5.63. The van der Waals surface area contributed by atoms with Gasteiger partial charge in [-0.2, -0.15) is 0 Å². The molecule has 2 rings (SSSR count). The molecule has 1 heterocycles. The summed E-state index contributed by atoms with van der Waals surface area (Å²) in [6, 6.07) is 6.45. The Labute approximate surface area is 124 Å². The van der Waals surface area contributed by atoms with Gasteiger partial charge in [-0.15, -0.1) is 11.3 Å². The molecule has 1 unspecified atom stereocenters. The highest BCUT2D eigenvalue weighted by Gasteiger charge is 2.20. The van der Waals surface area contributed by atoms with Gasteiger partial charge in [0.15, 0.2) is 0 Å². The first-order chi connectivity index (χ1) is 9.62. The van der Waals surface area contributed by atoms with Crippen molar-refractivity contribution in [2.75, 3.05) is 21.3 Å². The van der Waals surface area contributed by atoms with Crippen molar-refractivity contribution in [3.63, 3.8) is 0 Å². The van der Waals surface area contributed by atoms with Crippen molar-refractivity contribution in [2.45, 2.75) is 19.9 Å². The molecule has 3 nitrogen and oxygen atoms in total. The van der Waals surface area contributed by atoms with E-state index < -0.39 is 0 Å². The number of nitrogens with one attached hydrogen (secondary N) is 1. The summed E-state index contributed by atoms with van der Waals surface area (Å²) in [5.41, 5.74) is 3.58. The molecule has 0 aliphatic rings. The average Bonchev–Trinajstić information content (AvgIpc) is 2.92. The summed E-state index contributed by atoms with van der Waals surface area (Å²) < 4.78 is 10.9. The van der Waals surface area contributed by atoms with Crippen molar-refractivity contribution < 1.29 is 9.47 Å². The third-order valence-electron chi connectivity index (χ3n) is 3.63. The second kappa shape index (κ2) is 6.29. The fourth-order valence-electron chi connectivity index (χ4n) is 2.35. The van der Waals surface area contributed by atoms with Crippen molar-refractivity contribution in [3.05, 3.63) is 45.1 Å². The summed E-state index contributed by atoms with van der Waals surface area (Å²) in [7, 11) is 5.38. The molecule has 0 saturated heterocycles. The van der Waals surface area contributed by atoms with Gasteiger partial charge in [-0.3, -0.25) is 0 Å². The fourth-order valence-corrected chi connectivity index (χ4v) is 3.33. The van der Waals surface area contributed by atoms with Crippen LogP contribution in [0.3, 0.4) is 0 Å². The van der Waals surface area contributed by atoms with E-state index in [1.165, 1.54) is 16.0 Å². The third-order valence-corrected chi connectivity index (χ3v) is 4.60. The lowest BCUT2D eigenvalue weighted by Gasteiger charge is -2.20. The molecule has 0 aliphatic carbocycles. The minimum absolute atomic E-state index is 0.109. The molecule has 108 valence electrons. The number of rotatable bonds is 5. The maximum Gasteiger partial charge on any atom is 0.129 e. The summed E-state index contributed by atoms with van der Waals surface area (Å²) >= 11 is 1.69. The van der Waals surface area contributed by atoms with Crippen LogP contribution in [-0.2, 0) is 0 Å². The van der Waals surface area contributed by atoms with Crippen LogP contribution in [-0.4, -0.2) is 21.3 Å². The molecule has 1 N–H and O–H groups in total. The normalized spacial score (nSPS) is 12.2. The maximum absolute atomic E-state index is 5.63. The first-order valence-corrected chi connectivity index (χ1v) is 7.44. The lowest BCUT2D eigenvalue weighted by Crippen LogP contribution is -2.17. The second-order valence-electron chi connectivity index (χ2n) is 4.74. The lowest BCUT2D eigenvalue weighted by molar-refractivity contribution is 0.401. The predicted octanol–water partition coefficient (Wildman–Crippen LogP) is 3.69. The zero-order valence-electron chi connectivity index (χ0n) is 12.6. The van der Waals surface area contributed by atoms with Gasteiger partial charge >= 0.3 is 0 Å². The topological polar surface area (TPSA) is 30.5 Å². The van der Waals surface area contributed by atoms with Gasteiger partial charge in [-0.1, -0.05) is 12.1 Å². The highest BCUT2D eigenvalue weighted by Crippen LogP contribution is 2.37. The Bertz CT molecular complexity index is 592. The molecule has 4 heteroatoms. The lowest BCUT2D eigenvalue weighted by atomic mass is 9.98. The molecule has 0 bridgehead atoms. The van der Waals surface area contributed by atoms with Crippen LogP contribution >= 0.6 is 11.3 Å². The van der Waals surface area contributed by atoms with Crippen LogP contribution < -0.4 is 14.8 Å². The van der Waals surface area contributed by atoms with Crippen LogP contribution in [0, 0.1) is 13.8 Å². The minimum Gasteiger partial charge on any atom is -0.496 e. The molecule has 1 aromatic carbocycles. The van der Waals surface area contributed by atoms with E-state index in [2.05, 4.69) is 37.4 Å². The SMILES string of the molecule is CNC(c1cc(OC)cs1)c1ccc(C)c(C)c1OC. The average molecular weight is 291 g/mol. The molecule has 0 aliphatic heterocycles. The Hall–Kier alpha value is -1.52. The van der Waals surface area contributed by atoms with E-state index in [-0.39, 0.29) is 6.04 Å². The van der Waals surface area contributed by atoms with Crippen molar-refractivity contribution in [1.82, 2.24) is 5.32 Å². The molecule has 0 radical (unpaired) electrons. The predicted molar refractivity (Wildman–Crippen MR) is 84.2 cm³/mol. The van der Waals surface area contributed by atoms with Crippen molar-refractivity contribution in [1.29, 1.82) is 0 Å².